The number of hydrogen-bond acceptors (Lipinski definition) is 9. The van der Waals surface area contributed by atoms with Crippen LogP contribution in [0, 0.1) is 0 Å². The molecule has 11 heteroatoms. The first-order valence-electron chi connectivity index (χ1n) is 10.8. The number of anilines is 3. The van der Waals surface area contributed by atoms with Gasteiger partial charge in [-0.3, -0.25) is 9.59 Å². The average Bonchev–Trinajstić information content (AvgIpc) is 3.51. The molecule has 0 aliphatic carbocycles. The van der Waals surface area contributed by atoms with Crippen LogP contribution in [-0.4, -0.2) is 102 Å². The highest BCUT2D eigenvalue weighted by Crippen LogP contribution is 2.16. The minimum Gasteiger partial charge on any atom is -0.378 e. The zero-order valence-corrected chi connectivity index (χ0v) is 17.3. The smallest absolute Gasteiger partial charge is 0.241 e. The number of aromatic nitrogens is 3. The number of nitrogens with zero attached hydrogens (tertiary/aromatic N) is 6. The van der Waals surface area contributed by atoms with E-state index in [2.05, 4.69) is 25.6 Å². The maximum atomic E-state index is 12.4. The highest BCUT2D eigenvalue weighted by Gasteiger charge is 2.21. The molecule has 2 amide bonds. The van der Waals surface area contributed by atoms with Crippen molar-refractivity contribution in [1.82, 2.24) is 24.8 Å². The van der Waals surface area contributed by atoms with E-state index in [0.29, 0.717) is 44.1 Å². The highest BCUT2D eigenvalue weighted by atomic mass is 16.5. The fourth-order valence-corrected chi connectivity index (χ4v) is 3.89. The van der Waals surface area contributed by atoms with Gasteiger partial charge in [0.25, 0.3) is 0 Å². The van der Waals surface area contributed by atoms with Gasteiger partial charge in [-0.25, -0.2) is 0 Å². The zero-order valence-electron chi connectivity index (χ0n) is 17.3. The Morgan fingerprint density at radius 3 is 1.67 bits per heavy atom. The van der Waals surface area contributed by atoms with Crippen molar-refractivity contribution >= 4 is 29.7 Å². The molecule has 0 radical (unpaired) electrons. The number of hydrogen-bond donors (Lipinski definition) is 2. The molecule has 3 saturated heterocycles. The summed E-state index contributed by atoms with van der Waals surface area (Å²) in [5.74, 6) is 1.25. The minimum atomic E-state index is 0.0413. The van der Waals surface area contributed by atoms with Crippen LogP contribution in [0.4, 0.5) is 17.8 Å². The molecule has 0 atom stereocenters. The Balaban J connectivity index is 1.42. The van der Waals surface area contributed by atoms with E-state index in [9.17, 15) is 9.59 Å². The zero-order chi connectivity index (χ0) is 20.8. The van der Waals surface area contributed by atoms with E-state index in [1.54, 1.807) is 0 Å². The van der Waals surface area contributed by atoms with Crippen molar-refractivity contribution in [3.05, 3.63) is 0 Å². The number of carbonyl (C=O) groups excluding carboxylic acids is 2. The van der Waals surface area contributed by atoms with Gasteiger partial charge < -0.3 is 30.1 Å². The lowest BCUT2D eigenvalue weighted by molar-refractivity contribution is -0.129. The summed E-state index contributed by atoms with van der Waals surface area (Å²) >= 11 is 0. The van der Waals surface area contributed by atoms with Gasteiger partial charge in [0.15, 0.2) is 0 Å². The van der Waals surface area contributed by atoms with Crippen LogP contribution in [0.3, 0.4) is 0 Å². The topological polar surface area (TPSA) is 116 Å². The summed E-state index contributed by atoms with van der Waals surface area (Å²) in [4.78, 5) is 43.8. The van der Waals surface area contributed by atoms with Crippen molar-refractivity contribution in [2.75, 3.05) is 81.1 Å². The quantitative estimate of drug-likeness (QED) is 0.620. The maximum absolute atomic E-state index is 12.4. The molecule has 0 unspecified atom stereocenters. The van der Waals surface area contributed by atoms with Crippen LogP contribution in [0.25, 0.3) is 0 Å². The van der Waals surface area contributed by atoms with Crippen LogP contribution in [0.2, 0.25) is 0 Å². The standard InChI is InChI=1S/C19H30N8O3/c28-15(25-5-1-2-6-25)13-20-17-22-18(21-14-16(29)26-7-3-4-8-26)24-19(23-17)27-9-11-30-12-10-27/h1-14H2,(H2,20,21,22,23,24). The van der Waals surface area contributed by atoms with Gasteiger partial charge in [-0.2, -0.15) is 15.0 Å². The molecule has 3 fully saturated rings. The van der Waals surface area contributed by atoms with E-state index < -0.39 is 0 Å². The summed E-state index contributed by atoms with van der Waals surface area (Å²) in [6.07, 6.45) is 4.21. The van der Waals surface area contributed by atoms with Gasteiger partial charge in [0.1, 0.15) is 0 Å². The van der Waals surface area contributed by atoms with E-state index in [1.807, 2.05) is 14.7 Å². The number of rotatable bonds is 7. The molecule has 0 spiro atoms. The summed E-state index contributed by atoms with van der Waals surface area (Å²) in [6.45, 7) is 6.09. The Morgan fingerprint density at radius 2 is 1.20 bits per heavy atom. The largest absolute Gasteiger partial charge is 0.378 e. The van der Waals surface area contributed by atoms with Crippen LogP contribution in [0.5, 0.6) is 0 Å². The molecule has 3 aliphatic rings. The van der Waals surface area contributed by atoms with Gasteiger partial charge in [0, 0.05) is 39.3 Å². The van der Waals surface area contributed by atoms with Crippen LogP contribution < -0.4 is 15.5 Å². The van der Waals surface area contributed by atoms with Crippen molar-refractivity contribution < 1.29 is 14.3 Å². The number of amides is 2. The third-order valence-corrected chi connectivity index (χ3v) is 5.63. The van der Waals surface area contributed by atoms with Gasteiger partial charge in [0.05, 0.1) is 26.3 Å². The van der Waals surface area contributed by atoms with E-state index in [0.717, 1.165) is 51.9 Å². The number of carbonyl (C=O) groups is 2. The molecule has 1 aromatic rings. The molecule has 2 N–H and O–H groups in total. The second-order valence-electron chi connectivity index (χ2n) is 7.76. The van der Waals surface area contributed by atoms with E-state index >= 15 is 0 Å². The number of morpholine rings is 1. The Labute approximate surface area is 176 Å². The molecule has 30 heavy (non-hydrogen) atoms. The van der Waals surface area contributed by atoms with Crippen molar-refractivity contribution in [2.45, 2.75) is 25.7 Å². The predicted molar refractivity (Wildman–Crippen MR) is 111 cm³/mol. The first-order chi connectivity index (χ1) is 14.7. The summed E-state index contributed by atoms with van der Waals surface area (Å²) in [5.41, 5.74) is 0. The van der Waals surface area contributed by atoms with Gasteiger partial charge in [-0.1, -0.05) is 0 Å². The Kier molecular flexibility index (Phi) is 6.77. The summed E-state index contributed by atoms with van der Waals surface area (Å²) < 4.78 is 5.41. The fraction of sp³-hybridized carbons (Fsp3) is 0.737. The molecule has 164 valence electrons. The predicted octanol–water partition coefficient (Wildman–Crippen LogP) is -0.223. The molecule has 0 bridgehead atoms. The summed E-state index contributed by atoms with van der Waals surface area (Å²) in [5, 5.41) is 6.07. The van der Waals surface area contributed by atoms with Crippen molar-refractivity contribution in [3.8, 4) is 0 Å². The lowest BCUT2D eigenvalue weighted by Gasteiger charge is -2.27. The second kappa shape index (κ2) is 9.88. The Morgan fingerprint density at radius 1 is 0.733 bits per heavy atom. The second-order valence-corrected chi connectivity index (χ2v) is 7.76. The molecule has 0 aromatic carbocycles. The monoisotopic (exact) mass is 418 g/mol. The first-order valence-corrected chi connectivity index (χ1v) is 10.8. The van der Waals surface area contributed by atoms with E-state index in [4.69, 9.17) is 4.74 Å². The van der Waals surface area contributed by atoms with Gasteiger partial charge in [0.2, 0.25) is 29.7 Å². The molecule has 1 aromatic heterocycles. The van der Waals surface area contributed by atoms with Gasteiger partial charge in [-0.05, 0) is 25.7 Å². The lowest BCUT2D eigenvalue weighted by atomic mass is 10.4. The number of ether oxygens (including phenoxy) is 1. The van der Waals surface area contributed by atoms with E-state index in [1.165, 1.54) is 0 Å². The van der Waals surface area contributed by atoms with E-state index in [-0.39, 0.29) is 24.9 Å². The third kappa shape index (κ3) is 5.26. The molecule has 4 heterocycles. The fourth-order valence-electron chi connectivity index (χ4n) is 3.89. The lowest BCUT2D eigenvalue weighted by Crippen LogP contribution is -2.38. The highest BCUT2D eigenvalue weighted by molar-refractivity contribution is 5.81. The Bertz CT molecular complexity index is 693. The molecule has 4 rings (SSSR count). The van der Waals surface area contributed by atoms with Crippen LogP contribution in [-0.2, 0) is 14.3 Å². The van der Waals surface area contributed by atoms with Gasteiger partial charge in [-0.15, -0.1) is 0 Å². The number of nitrogens with one attached hydrogen (secondary N) is 2. The average molecular weight is 419 g/mol. The van der Waals surface area contributed by atoms with Crippen LogP contribution in [0.15, 0.2) is 0 Å². The molecule has 11 nitrogen and oxygen atoms in total. The SMILES string of the molecule is O=C(CNc1nc(NCC(=O)N2CCCC2)nc(N2CCOCC2)n1)N1CCCC1. The molecular formula is C19H30N8O3. The summed E-state index contributed by atoms with van der Waals surface area (Å²) in [7, 11) is 0. The van der Waals surface area contributed by atoms with Crippen LogP contribution >= 0.6 is 0 Å². The minimum absolute atomic E-state index is 0.0413. The summed E-state index contributed by atoms with van der Waals surface area (Å²) in [6, 6.07) is 0. The van der Waals surface area contributed by atoms with Crippen molar-refractivity contribution in [3.63, 3.8) is 0 Å². The molecular weight excluding hydrogens is 388 g/mol. The van der Waals surface area contributed by atoms with Crippen LogP contribution in [0.1, 0.15) is 25.7 Å². The maximum Gasteiger partial charge on any atom is 0.241 e. The normalized spacial score (nSPS) is 19.3. The Hall–Kier alpha value is -2.69. The van der Waals surface area contributed by atoms with Gasteiger partial charge >= 0.3 is 0 Å². The van der Waals surface area contributed by atoms with Crippen molar-refractivity contribution in [2.24, 2.45) is 0 Å². The molecule has 3 aliphatic heterocycles. The number of likely N-dealkylation sites (tertiary alicyclic amines) is 2. The molecule has 0 saturated carbocycles. The third-order valence-electron chi connectivity index (χ3n) is 5.63. The van der Waals surface area contributed by atoms with Crippen molar-refractivity contribution in [1.29, 1.82) is 0 Å². The first kappa shape index (κ1) is 20.6.